The number of anilines is 2. The zero-order chi connectivity index (χ0) is 13.8. The van der Waals surface area contributed by atoms with Crippen LogP contribution in [-0.4, -0.2) is 25.5 Å². The monoisotopic (exact) mass is 261 g/mol. The maximum atomic E-state index is 11.9. The summed E-state index contributed by atoms with van der Waals surface area (Å²) < 4.78 is 0. The molecule has 3 N–H and O–H groups in total. The van der Waals surface area contributed by atoms with Gasteiger partial charge in [-0.25, -0.2) is 0 Å². The summed E-state index contributed by atoms with van der Waals surface area (Å²) in [4.78, 5) is 14.0. The Labute approximate surface area is 115 Å². The Morgan fingerprint density at radius 3 is 3.00 bits per heavy atom. The van der Waals surface area contributed by atoms with E-state index in [0.717, 1.165) is 37.3 Å². The van der Waals surface area contributed by atoms with Crippen molar-refractivity contribution in [1.82, 2.24) is 5.32 Å². The molecule has 0 atom stereocenters. The molecule has 1 aliphatic rings. The van der Waals surface area contributed by atoms with E-state index < -0.39 is 0 Å². The number of amides is 1. The summed E-state index contributed by atoms with van der Waals surface area (Å²) in [5, 5.41) is 2.97. The Balaban J connectivity index is 1.90. The second-order valence-electron chi connectivity index (χ2n) is 5.56. The van der Waals surface area contributed by atoms with Gasteiger partial charge in [0.25, 0.3) is 0 Å². The first-order chi connectivity index (χ1) is 9.08. The quantitative estimate of drug-likeness (QED) is 0.795. The van der Waals surface area contributed by atoms with Gasteiger partial charge in [-0.05, 0) is 30.4 Å². The standard InChI is InChI=1S/C15H23N3O/c1-11(2)6-8-17-14(19)10-18-9-7-12-4-3-5-13(16)15(12)18/h3-5,11H,6-10,16H2,1-2H3,(H,17,19). The molecule has 4 nitrogen and oxygen atoms in total. The van der Waals surface area contributed by atoms with E-state index in [4.69, 9.17) is 5.73 Å². The van der Waals surface area contributed by atoms with Gasteiger partial charge in [0.05, 0.1) is 17.9 Å². The van der Waals surface area contributed by atoms with Crippen LogP contribution < -0.4 is 16.0 Å². The molecule has 1 heterocycles. The summed E-state index contributed by atoms with van der Waals surface area (Å²) in [6.07, 6.45) is 1.99. The first-order valence-corrected chi connectivity index (χ1v) is 6.97. The molecule has 1 aromatic rings. The normalized spacial score (nSPS) is 13.7. The van der Waals surface area contributed by atoms with Crippen LogP contribution >= 0.6 is 0 Å². The van der Waals surface area contributed by atoms with Crippen molar-refractivity contribution in [1.29, 1.82) is 0 Å². The summed E-state index contributed by atoms with van der Waals surface area (Å²) in [5.41, 5.74) is 9.06. The lowest BCUT2D eigenvalue weighted by atomic mass is 10.1. The SMILES string of the molecule is CC(C)CCNC(=O)CN1CCc2cccc(N)c21. The highest BCUT2D eigenvalue weighted by molar-refractivity contribution is 5.85. The van der Waals surface area contributed by atoms with Crippen LogP contribution in [0.3, 0.4) is 0 Å². The largest absolute Gasteiger partial charge is 0.397 e. The highest BCUT2D eigenvalue weighted by atomic mass is 16.2. The molecule has 0 aromatic heterocycles. The maximum Gasteiger partial charge on any atom is 0.239 e. The number of nitrogens with zero attached hydrogens (tertiary/aromatic N) is 1. The minimum Gasteiger partial charge on any atom is -0.397 e. The number of nitrogen functional groups attached to an aromatic ring is 1. The van der Waals surface area contributed by atoms with Gasteiger partial charge in [0.2, 0.25) is 5.91 Å². The van der Waals surface area contributed by atoms with E-state index in [1.165, 1.54) is 5.56 Å². The van der Waals surface area contributed by atoms with E-state index in [1.807, 2.05) is 12.1 Å². The zero-order valence-corrected chi connectivity index (χ0v) is 11.8. The average molecular weight is 261 g/mol. The van der Waals surface area contributed by atoms with Gasteiger partial charge >= 0.3 is 0 Å². The van der Waals surface area contributed by atoms with Gasteiger partial charge in [0, 0.05) is 13.1 Å². The Hall–Kier alpha value is -1.71. The third kappa shape index (κ3) is 3.40. The molecule has 0 spiro atoms. The lowest BCUT2D eigenvalue weighted by Gasteiger charge is -2.20. The van der Waals surface area contributed by atoms with Crippen LogP contribution in [-0.2, 0) is 11.2 Å². The smallest absolute Gasteiger partial charge is 0.239 e. The summed E-state index contributed by atoms with van der Waals surface area (Å²) in [7, 11) is 0. The minimum atomic E-state index is 0.0803. The van der Waals surface area contributed by atoms with Crippen molar-refractivity contribution in [3.63, 3.8) is 0 Å². The molecule has 0 aliphatic carbocycles. The molecule has 1 amide bonds. The number of carbonyl (C=O) groups is 1. The van der Waals surface area contributed by atoms with Gasteiger partial charge in [-0.2, -0.15) is 0 Å². The highest BCUT2D eigenvalue weighted by Gasteiger charge is 2.22. The van der Waals surface area contributed by atoms with Crippen LogP contribution in [0, 0.1) is 5.92 Å². The fourth-order valence-corrected chi connectivity index (χ4v) is 2.45. The molecule has 0 radical (unpaired) electrons. The van der Waals surface area contributed by atoms with Crippen molar-refractivity contribution in [2.45, 2.75) is 26.7 Å². The van der Waals surface area contributed by atoms with Crippen LogP contribution in [0.15, 0.2) is 18.2 Å². The summed E-state index contributed by atoms with van der Waals surface area (Å²) in [6.45, 7) is 6.34. The topological polar surface area (TPSA) is 58.4 Å². The number of fused-ring (bicyclic) bond motifs is 1. The molecule has 19 heavy (non-hydrogen) atoms. The van der Waals surface area contributed by atoms with Gasteiger partial charge in [0.1, 0.15) is 0 Å². The zero-order valence-electron chi connectivity index (χ0n) is 11.8. The number of nitrogens with two attached hydrogens (primary N) is 1. The van der Waals surface area contributed by atoms with Crippen LogP contribution in [0.1, 0.15) is 25.8 Å². The molecule has 0 fully saturated rings. The average Bonchev–Trinajstić information content (AvgIpc) is 2.73. The second-order valence-corrected chi connectivity index (χ2v) is 5.56. The Morgan fingerprint density at radius 1 is 1.47 bits per heavy atom. The fraction of sp³-hybridized carbons (Fsp3) is 0.533. The predicted octanol–water partition coefficient (Wildman–Crippen LogP) is 1.79. The maximum absolute atomic E-state index is 11.9. The fourth-order valence-electron chi connectivity index (χ4n) is 2.45. The van der Waals surface area contributed by atoms with E-state index in [2.05, 4.69) is 30.1 Å². The molecule has 0 unspecified atom stereocenters. The van der Waals surface area contributed by atoms with Gasteiger partial charge in [-0.15, -0.1) is 0 Å². The van der Waals surface area contributed by atoms with Gasteiger partial charge < -0.3 is 16.0 Å². The molecular weight excluding hydrogens is 238 g/mol. The van der Waals surface area contributed by atoms with E-state index in [9.17, 15) is 4.79 Å². The molecule has 104 valence electrons. The molecule has 0 saturated carbocycles. The number of hydrogen-bond acceptors (Lipinski definition) is 3. The van der Waals surface area contributed by atoms with Crippen molar-refractivity contribution in [3.05, 3.63) is 23.8 Å². The number of benzene rings is 1. The lowest BCUT2D eigenvalue weighted by molar-refractivity contribution is -0.119. The lowest BCUT2D eigenvalue weighted by Crippen LogP contribution is -2.37. The Kier molecular flexibility index (Phi) is 4.30. The molecule has 4 heteroatoms. The van der Waals surface area contributed by atoms with Crippen LogP contribution in [0.5, 0.6) is 0 Å². The number of para-hydroxylation sites is 1. The van der Waals surface area contributed by atoms with Crippen molar-refractivity contribution in [2.75, 3.05) is 30.3 Å². The summed E-state index contributed by atoms with van der Waals surface area (Å²) in [5.74, 6) is 0.695. The third-order valence-corrected chi connectivity index (χ3v) is 3.50. The molecule has 1 aromatic carbocycles. The third-order valence-electron chi connectivity index (χ3n) is 3.50. The number of rotatable bonds is 5. The van der Waals surface area contributed by atoms with Crippen molar-refractivity contribution < 1.29 is 4.79 Å². The highest BCUT2D eigenvalue weighted by Crippen LogP contribution is 2.33. The number of hydrogen-bond donors (Lipinski definition) is 2. The van der Waals surface area contributed by atoms with Crippen molar-refractivity contribution in [3.8, 4) is 0 Å². The predicted molar refractivity (Wildman–Crippen MR) is 79.2 cm³/mol. The Bertz CT molecular complexity index is 457. The Morgan fingerprint density at radius 2 is 2.26 bits per heavy atom. The van der Waals surface area contributed by atoms with E-state index in [-0.39, 0.29) is 5.91 Å². The van der Waals surface area contributed by atoms with E-state index in [1.54, 1.807) is 0 Å². The van der Waals surface area contributed by atoms with Crippen LogP contribution in [0.25, 0.3) is 0 Å². The molecular formula is C15H23N3O. The molecule has 0 saturated heterocycles. The molecule has 0 bridgehead atoms. The van der Waals surface area contributed by atoms with E-state index >= 15 is 0 Å². The van der Waals surface area contributed by atoms with Gasteiger partial charge in [-0.3, -0.25) is 4.79 Å². The number of carbonyl (C=O) groups excluding carboxylic acids is 1. The number of nitrogens with one attached hydrogen (secondary N) is 1. The molecule has 1 aliphatic heterocycles. The van der Waals surface area contributed by atoms with E-state index in [0.29, 0.717) is 12.5 Å². The van der Waals surface area contributed by atoms with Crippen LogP contribution in [0.2, 0.25) is 0 Å². The first kappa shape index (κ1) is 13.7. The second kappa shape index (κ2) is 5.95. The minimum absolute atomic E-state index is 0.0803. The summed E-state index contributed by atoms with van der Waals surface area (Å²) in [6, 6.07) is 5.95. The van der Waals surface area contributed by atoms with Crippen LogP contribution in [0.4, 0.5) is 11.4 Å². The summed E-state index contributed by atoms with van der Waals surface area (Å²) >= 11 is 0. The molecule has 2 rings (SSSR count). The van der Waals surface area contributed by atoms with Crippen molar-refractivity contribution >= 4 is 17.3 Å². The first-order valence-electron chi connectivity index (χ1n) is 6.97. The van der Waals surface area contributed by atoms with Crippen molar-refractivity contribution in [2.24, 2.45) is 5.92 Å². The van der Waals surface area contributed by atoms with Gasteiger partial charge in [0.15, 0.2) is 0 Å². The van der Waals surface area contributed by atoms with Gasteiger partial charge in [-0.1, -0.05) is 26.0 Å².